The number of carbonyl (C=O) groups excluding carboxylic acids is 1. The number of fused-ring (bicyclic) bond motifs is 1. The average Bonchev–Trinajstić information content (AvgIpc) is 3.29. The van der Waals surface area contributed by atoms with E-state index in [2.05, 4.69) is 39.7 Å². The first kappa shape index (κ1) is 21.1. The molecular weight excluding hydrogens is 428 g/mol. The molecule has 1 unspecified atom stereocenters. The molecule has 5 aromatic rings. The number of benzene rings is 3. The maximum absolute atomic E-state index is 10.6. The highest BCUT2D eigenvalue weighted by Crippen LogP contribution is 2.27. The Labute approximate surface area is 196 Å². The monoisotopic (exact) mass is 450 g/mol. The molecule has 168 valence electrons. The van der Waals surface area contributed by atoms with Crippen molar-refractivity contribution in [3.8, 4) is 17.3 Å². The number of hydrogen-bond donors (Lipinski definition) is 2. The van der Waals surface area contributed by atoms with Crippen molar-refractivity contribution < 1.29 is 9.53 Å². The van der Waals surface area contributed by atoms with Crippen LogP contribution in [0.3, 0.4) is 0 Å². The number of hydrogen-bond acceptors (Lipinski definition) is 6. The summed E-state index contributed by atoms with van der Waals surface area (Å²) in [5, 5.41) is 5.96. The third kappa shape index (κ3) is 4.56. The summed E-state index contributed by atoms with van der Waals surface area (Å²) < 4.78 is 7.91. The number of imidazole rings is 1. The molecule has 0 saturated carbocycles. The summed E-state index contributed by atoms with van der Waals surface area (Å²) in [6.07, 6.45) is 4.10. The van der Waals surface area contributed by atoms with Gasteiger partial charge in [-0.15, -0.1) is 0 Å². The van der Waals surface area contributed by atoms with E-state index in [1.54, 1.807) is 36.8 Å². The fourth-order valence-corrected chi connectivity index (χ4v) is 3.63. The predicted molar refractivity (Wildman–Crippen MR) is 131 cm³/mol. The largest absolute Gasteiger partial charge is 0.457 e. The molecule has 1 atom stereocenters. The Morgan fingerprint density at radius 2 is 1.74 bits per heavy atom. The minimum Gasteiger partial charge on any atom is -0.457 e. The third-order valence-corrected chi connectivity index (χ3v) is 5.37. The molecular formula is C26H22N6O2. The van der Waals surface area contributed by atoms with E-state index in [0.29, 0.717) is 35.4 Å². The molecule has 8 nitrogen and oxygen atoms in total. The van der Waals surface area contributed by atoms with Gasteiger partial charge in [-0.2, -0.15) is 4.98 Å². The summed E-state index contributed by atoms with van der Waals surface area (Å²) >= 11 is 0. The lowest BCUT2D eigenvalue weighted by Crippen LogP contribution is -2.10. The van der Waals surface area contributed by atoms with E-state index in [1.807, 2.05) is 47.0 Å². The fraction of sp³-hybridized carbons (Fsp3) is 0.0769. The summed E-state index contributed by atoms with van der Waals surface area (Å²) in [7, 11) is 0. The molecule has 0 saturated heterocycles. The summed E-state index contributed by atoms with van der Waals surface area (Å²) in [4.78, 5) is 24.1. The number of ether oxygens (including phenoxy) is 1. The Morgan fingerprint density at radius 3 is 2.53 bits per heavy atom. The summed E-state index contributed by atoms with van der Waals surface area (Å²) in [5.41, 5.74) is 3.54. The lowest BCUT2D eigenvalue weighted by molar-refractivity contribution is -0.105. The van der Waals surface area contributed by atoms with Crippen molar-refractivity contribution in [1.82, 2.24) is 19.5 Å². The highest BCUT2D eigenvalue weighted by Gasteiger charge is 2.11. The summed E-state index contributed by atoms with van der Waals surface area (Å²) in [5.74, 6) is 2.55. The molecule has 0 fully saturated rings. The Hall–Kier alpha value is -4.72. The first-order chi connectivity index (χ1) is 16.7. The van der Waals surface area contributed by atoms with Crippen LogP contribution in [-0.4, -0.2) is 25.9 Å². The van der Waals surface area contributed by atoms with Gasteiger partial charge in [-0.05, 0) is 55.0 Å². The van der Waals surface area contributed by atoms with Crippen molar-refractivity contribution in [2.45, 2.75) is 13.0 Å². The van der Waals surface area contributed by atoms with E-state index < -0.39 is 0 Å². The second kappa shape index (κ2) is 9.41. The van der Waals surface area contributed by atoms with E-state index in [-0.39, 0.29) is 6.04 Å². The van der Waals surface area contributed by atoms with Crippen LogP contribution >= 0.6 is 0 Å². The van der Waals surface area contributed by atoms with Gasteiger partial charge in [0.05, 0.1) is 17.1 Å². The number of nitrogens with one attached hydrogen (secondary N) is 2. The maximum atomic E-state index is 10.6. The standard InChI is InChI=1S/C26H22N6O2/c1-18(19-5-3-2-4-6-19)30-26-27-14-13-25(31-26)32-16-28-23-12-11-22(15-24(23)32)34-21-9-7-20(8-10-21)29-17-33/h2-18H,1H3,(H,29,33)(H,27,30,31). The molecule has 34 heavy (non-hydrogen) atoms. The van der Waals surface area contributed by atoms with Gasteiger partial charge in [-0.3, -0.25) is 9.36 Å². The Morgan fingerprint density at radius 1 is 0.941 bits per heavy atom. The highest BCUT2D eigenvalue weighted by atomic mass is 16.5. The number of aromatic nitrogens is 4. The molecule has 5 rings (SSSR count). The first-order valence-electron chi connectivity index (χ1n) is 10.8. The SMILES string of the molecule is CC(Nc1nccc(-n2cnc3ccc(Oc4ccc(NC=O)cc4)cc32)n1)c1ccccc1. The van der Waals surface area contributed by atoms with Crippen LogP contribution in [0.5, 0.6) is 11.5 Å². The normalized spacial score (nSPS) is 11.7. The van der Waals surface area contributed by atoms with Crippen LogP contribution in [-0.2, 0) is 4.79 Å². The molecule has 3 aromatic carbocycles. The van der Waals surface area contributed by atoms with Gasteiger partial charge in [-0.1, -0.05) is 30.3 Å². The van der Waals surface area contributed by atoms with E-state index in [1.165, 1.54) is 0 Å². The fourth-order valence-electron chi connectivity index (χ4n) is 3.63. The van der Waals surface area contributed by atoms with Gasteiger partial charge in [0.15, 0.2) is 0 Å². The van der Waals surface area contributed by atoms with E-state index in [9.17, 15) is 4.79 Å². The van der Waals surface area contributed by atoms with E-state index in [4.69, 9.17) is 9.72 Å². The molecule has 1 amide bonds. The molecule has 8 heteroatoms. The molecule has 2 aromatic heterocycles. The second-order valence-corrected chi connectivity index (χ2v) is 7.67. The molecule has 2 N–H and O–H groups in total. The molecule has 0 aliphatic carbocycles. The zero-order chi connectivity index (χ0) is 23.3. The highest BCUT2D eigenvalue weighted by molar-refractivity contribution is 5.79. The molecule has 0 bridgehead atoms. The van der Waals surface area contributed by atoms with E-state index in [0.717, 1.165) is 16.6 Å². The summed E-state index contributed by atoms with van der Waals surface area (Å²) in [6.45, 7) is 2.07. The molecule has 0 aliphatic rings. The van der Waals surface area contributed by atoms with Gasteiger partial charge in [-0.25, -0.2) is 9.97 Å². The van der Waals surface area contributed by atoms with Crippen LogP contribution in [0.15, 0.2) is 91.4 Å². The lowest BCUT2D eigenvalue weighted by Gasteiger charge is -2.14. The van der Waals surface area contributed by atoms with Crippen molar-refractivity contribution in [3.63, 3.8) is 0 Å². The van der Waals surface area contributed by atoms with Gasteiger partial charge in [0.2, 0.25) is 12.4 Å². The minimum absolute atomic E-state index is 0.0594. The van der Waals surface area contributed by atoms with Gasteiger partial charge in [0, 0.05) is 18.0 Å². The van der Waals surface area contributed by atoms with Crippen molar-refractivity contribution in [2.24, 2.45) is 0 Å². The number of anilines is 2. The van der Waals surface area contributed by atoms with Gasteiger partial charge >= 0.3 is 0 Å². The Kier molecular flexibility index (Phi) is 5.85. The number of carbonyl (C=O) groups is 1. The Bertz CT molecular complexity index is 1420. The van der Waals surface area contributed by atoms with Gasteiger partial charge < -0.3 is 15.4 Å². The van der Waals surface area contributed by atoms with Crippen LogP contribution < -0.4 is 15.4 Å². The minimum atomic E-state index is 0.0594. The van der Waals surface area contributed by atoms with Crippen molar-refractivity contribution in [3.05, 3.63) is 97.0 Å². The maximum Gasteiger partial charge on any atom is 0.225 e. The van der Waals surface area contributed by atoms with Crippen molar-refractivity contribution >= 4 is 29.1 Å². The van der Waals surface area contributed by atoms with Crippen LogP contribution in [0.25, 0.3) is 16.9 Å². The van der Waals surface area contributed by atoms with Crippen LogP contribution in [0.1, 0.15) is 18.5 Å². The average molecular weight is 451 g/mol. The van der Waals surface area contributed by atoms with Gasteiger partial charge in [0.1, 0.15) is 23.6 Å². The lowest BCUT2D eigenvalue weighted by atomic mass is 10.1. The van der Waals surface area contributed by atoms with Crippen molar-refractivity contribution in [2.75, 3.05) is 10.6 Å². The quantitative estimate of drug-likeness (QED) is 0.310. The van der Waals surface area contributed by atoms with Crippen LogP contribution in [0, 0.1) is 0 Å². The van der Waals surface area contributed by atoms with E-state index >= 15 is 0 Å². The number of rotatable bonds is 8. The number of amides is 1. The first-order valence-corrected chi connectivity index (χ1v) is 10.8. The van der Waals surface area contributed by atoms with Gasteiger partial charge in [0.25, 0.3) is 0 Å². The third-order valence-electron chi connectivity index (χ3n) is 5.37. The Balaban J connectivity index is 1.39. The molecule has 0 spiro atoms. The molecule has 0 aliphatic heterocycles. The van der Waals surface area contributed by atoms with Crippen LogP contribution in [0.2, 0.25) is 0 Å². The smallest absolute Gasteiger partial charge is 0.225 e. The summed E-state index contributed by atoms with van der Waals surface area (Å²) in [6, 6.07) is 24.9. The zero-order valence-corrected chi connectivity index (χ0v) is 18.4. The zero-order valence-electron chi connectivity index (χ0n) is 18.4. The van der Waals surface area contributed by atoms with Crippen molar-refractivity contribution in [1.29, 1.82) is 0 Å². The predicted octanol–water partition coefficient (Wildman–Crippen LogP) is 5.35. The number of nitrogens with zero attached hydrogens (tertiary/aromatic N) is 4. The topological polar surface area (TPSA) is 94.0 Å². The molecule has 2 heterocycles. The molecule has 0 radical (unpaired) electrons. The van der Waals surface area contributed by atoms with Crippen LogP contribution in [0.4, 0.5) is 11.6 Å². The second-order valence-electron chi connectivity index (χ2n) is 7.67.